The first-order chi connectivity index (χ1) is 30.2. The number of furan rings is 1. The van der Waals surface area contributed by atoms with Gasteiger partial charge in [0.1, 0.15) is 5.58 Å². The SMILES string of the molecule is c1ccc(-c2cc(-c3ccccc3)nc(-c3cccc(-c4cccc(-c5cccc(-c6cccc(-c7nc(-c8ccccc8)c8c(n7)oc7ccccc78)c6)c5)c4)c3)n2)cc1. The minimum atomic E-state index is 0.577. The lowest BCUT2D eigenvalue weighted by Gasteiger charge is -2.12. The Hall–Kier alpha value is -8.28. The Balaban J connectivity index is 0.929. The highest BCUT2D eigenvalue weighted by molar-refractivity contribution is 6.10. The molecule has 0 saturated carbocycles. The predicted octanol–water partition coefficient (Wildman–Crippen LogP) is 14.5. The van der Waals surface area contributed by atoms with Gasteiger partial charge in [-0.3, -0.25) is 0 Å². The predicted molar refractivity (Wildman–Crippen MR) is 248 cm³/mol. The topological polar surface area (TPSA) is 64.7 Å². The van der Waals surface area contributed by atoms with Crippen LogP contribution >= 0.6 is 0 Å². The van der Waals surface area contributed by atoms with E-state index in [-0.39, 0.29) is 0 Å². The molecule has 3 heterocycles. The van der Waals surface area contributed by atoms with Gasteiger partial charge >= 0.3 is 0 Å². The van der Waals surface area contributed by atoms with Crippen molar-refractivity contribution >= 4 is 22.1 Å². The van der Waals surface area contributed by atoms with Gasteiger partial charge in [-0.25, -0.2) is 15.0 Å². The van der Waals surface area contributed by atoms with Gasteiger partial charge in [-0.2, -0.15) is 4.98 Å². The van der Waals surface area contributed by atoms with Gasteiger partial charge in [0.25, 0.3) is 0 Å². The Labute approximate surface area is 353 Å². The van der Waals surface area contributed by atoms with Crippen molar-refractivity contribution in [1.82, 2.24) is 19.9 Å². The van der Waals surface area contributed by atoms with Crippen molar-refractivity contribution in [3.63, 3.8) is 0 Å². The monoisotopic (exact) mass is 780 g/mol. The molecule has 286 valence electrons. The average molecular weight is 781 g/mol. The Morgan fingerprint density at radius 3 is 1.15 bits per heavy atom. The summed E-state index contributed by atoms with van der Waals surface area (Å²) in [5.41, 5.74) is 15.6. The summed E-state index contributed by atoms with van der Waals surface area (Å²) in [4.78, 5) is 20.3. The Morgan fingerprint density at radius 1 is 0.279 bits per heavy atom. The van der Waals surface area contributed by atoms with Crippen molar-refractivity contribution < 1.29 is 4.42 Å². The fourth-order valence-electron chi connectivity index (χ4n) is 8.08. The van der Waals surface area contributed by atoms with Gasteiger partial charge in [0, 0.05) is 33.2 Å². The zero-order valence-corrected chi connectivity index (χ0v) is 33.0. The molecule has 0 amide bonds. The molecule has 0 atom stereocenters. The Kier molecular flexibility index (Phi) is 9.10. The van der Waals surface area contributed by atoms with Crippen molar-refractivity contribution in [3.05, 3.63) is 218 Å². The van der Waals surface area contributed by atoms with Gasteiger partial charge in [-0.1, -0.05) is 182 Å². The molecule has 11 rings (SSSR count). The molecule has 0 saturated heterocycles. The highest BCUT2D eigenvalue weighted by Gasteiger charge is 2.19. The highest BCUT2D eigenvalue weighted by atomic mass is 16.3. The maximum absolute atomic E-state index is 6.31. The van der Waals surface area contributed by atoms with Crippen LogP contribution in [0.5, 0.6) is 0 Å². The van der Waals surface area contributed by atoms with Crippen LogP contribution in [0.4, 0.5) is 0 Å². The standard InChI is InChI=1S/C56H36N4O/c1-4-16-37(17-5-1)49-36-50(38-18-6-2-7-19-38)58-54(57-49)46-28-14-26-44(34-46)42-24-12-22-40(32-42)41-23-13-25-43(33-41)45-27-15-29-47(35-45)55-59-53(39-20-8-3-9-21-39)52-48-30-10-11-31-51(48)61-56(52)60-55/h1-36H. The molecule has 0 spiro atoms. The molecule has 61 heavy (non-hydrogen) atoms. The summed E-state index contributed by atoms with van der Waals surface area (Å²) in [6.07, 6.45) is 0. The third-order valence-electron chi connectivity index (χ3n) is 11.1. The van der Waals surface area contributed by atoms with Crippen LogP contribution in [0, 0.1) is 0 Å². The van der Waals surface area contributed by atoms with E-state index < -0.39 is 0 Å². The van der Waals surface area contributed by atoms with Crippen molar-refractivity contribution in [2.24, 2.45) is 0 Å². The third-order valence-corrected chi connectivity index (χ3v) is 11.1. The first-order valence-corrected chi connectivity index (χ1v) is 20.4. The Bertz CT molecular complexity index is 3300. The molecule has 0 N–H and O–H groups in total. The summed E-state index contributed by atoms with van der Waals surface area (Å²) in [5.74, 6) is 1.30. The molecule has 5 nitrogen and oxygen atoms in total. The fraction of sp³-hybridized carbons (Fsp3) is 0. The van der Waals surface area contributed by atoms with Gasteiger partial charge in [0.15, 0.2) is 11.6 Å². The van der Waals surface area contributed by atoms with E-state index in [0.717, 1.165) is 94.6 Å². The van der Waals surface area contributed by atoms with Crippen molar-refractivity contribution in [2.45, 2.75) is 0 Å². The largest absolute Gasteiger partial charge is 0.438 e. The summed E-state index contributed by atoms with van der Waals surface area (Å²) >= 11 is 0. The van der Waals surface area contributed by atoms with E-state index in [9.17, 15) is 0 Å². The lowest BCUT2D eigenvalue weighted by Crippen LogP contribution is -1.96. The summed E-state index contributed by atoms with van der Waals surface area (Å²) in [5, 5.41) is 1.93. The molecule has 0 fully saturated rings. The maximum Gasteiger partial charge on any atom is 0.231 e. The second-order valence-electron chi connectivity index (χ2n) is 15.1. The van der Waals surface area contributed by atoms with Crippen LogP contribution in [0.3, 0.4) is 0 Å². The molecule has 8 aromatic carbocycles. The molecule has 3 aromatic heterocycles. The number of nitrogens with zero attached hydrogens (tertiary/aromatic N) is 4. The van der Waals surface area contributed by atoms with Gasteiger partial charge in [0.05, 0.1) is 22.5 Å². The number of fused-ring (bicyclic) bond motifs is 3. The van der Waals surface area contributed by atoms with E-state index in [2.05, 4.69) is 146 Å². The minimum Gasteiger partial charge on any atom is -0.438 e. The fourth-order valence-corrected chi connectivity index (χ4v) is 8.08. The number of hydrogen-bond acceptors (Lipinski definition) is 5. The van der Waals surface area contributed by atoms with Crippen LogP contribution in [-0.4, -0.2) is 19.9 Å². The zero-order chi connectivity index (χ0) is 40.5. The van der Waals surface area contributed by atoms with Crippen LogP contribution in [0.15, 0.2) is 223 Å². The molecule has 0 unspecified atom stereocenters. The van der Waals surface area contributed by atoms with Gasteiger partial charge in [-0.05, 0) is 69.8 Å². The molecule has 0 aliphatic carbocycles. The van der Waals surface area contributed by atoms with E-state index in [1.165, 1.54) is 0 Å². The summed E-state index contributed by atoms with van der Waals surface area (Å²) in [6.45, 7) is 0. The van der Waals surface area contributed by atoms with Gasteiger partial charge < -0.3 is 4.42 Å². The van der Waals surface area contributed by atoms with Crippen LogP contribution in [0.1, 0.15) is 0 Å². The van der Waals surface area contributed by atoms with Crippen molar-refractivity contribution in [1.29, 1.82) is 0 Å². The first-order valence-electron chi connectivity index (χ1n) is 20.4. The molecule has 11 aromatic rings. The second-order valence-corrected chi connectivity index (χ2v) is 15.1. The van der Waals surface area contributed by atoms with Gasteiger partial charge in [0.2, 0.25) is 5.71 Å². The smallest absolute Gasteiger partial charge is 0.231 e. The van der Waals surface area contributed by atoms with E-state index in [0.29, 0.717) is 17.4 Å². The van der Waals surface area contributed by atoms with Gasteiger partial charge in [-0.15, -0.1) is 0 Å². The summed E-state index contributed by atoms with van der Waals surface area (Å²) in [6, 6.07) is 75.3. The van der Waals surface area contributed by atoms with Crippen LogP contribution in [0.25, 0.3) is 112 Å². The molecule has 0 radical (unpaired) electrons. The van der Waals surface area contributed by atoms with Crippen molar-refractivity contribution in [3.8, 4) is 89.9 Å². The average Bonchev–Trinajstić information content (AvgIpc) is 3.73. The van der Waals surface area contributed by atoms with E-state index in [1.54, 1.807) is 0 Å². The second kappa shape index (κ2) is 15.5. The van der Waals surface area contributed by atoms with Crippen molar-refractivity contribution in [2.75, 3.05) is 0 Å². The normalized spacial score (nSPS) is 11.3. The third kappa shape index (κ3) is 7.04. The molecule has 0 aliphatic heterocycles. The van der Waals surface area contributed by atoms with E-state index in [4.69, 9.17) is 24.4 Å². The van der Waals surface area contributed by atoms with Crippen LogP contribution < -0.4 is 0 Å². The molecular weight excluding hydrogens is 745 g/mol. The summed E-state index contributed by atoms with van der Waals surface area (Å²) < 4.78 is 6.31. The first kappa shape index (κ1) is 35.8. The van der Waals surface area contributed by atoms with Crippen LogP contribution in [-0.2, 0) is 0 Å². The Morgan fingerprint density at radius 2 is 0.656 bits per heavy atom. The molecule has 5 heteroatoms. The number of rotatable bonds is 8. The maximum atomic E-state index is 6.31. The number of hydrogen-bond donors (Lipinski definition) is 0. The van der Waals surface area contributed by atoms with E-state index in [1.807, 2.05) is 72.8 Å². The number of para-hydroxylation sites is 1. The quantitative estimate of drug-likeness (QED) is 0.154. The number of aromatic nitrogens is 4. The number of benzene rings is 8. The molecular formula is C56H36N4O. The lowest BCUT2D eigenvalue weighted by atomic mass is 9.95. The lowest BCUT2D eigenvalue weighted by molar-refractivity contribution is 0.653. The zero-order valence-electron chi connectivity index (χ0n) is 33.0. The van der Waals surface area contributed by atoms with Crippen LogP contribution in [0.2, 0.25) is 0 Å². The molecule has 0 bridgehead atoms. The highest BCUT2D eigenvalue weighted by Crippen LogP contribution is 2.38. The minimum absolute atomic E-state index is 0.577. The summed E-state index contributed by atoms with van der Waals surface area (Å²) in [7, 11) is 0. The van der Waals surface area contributed by atoms with E-state index >= 15 is 0 Å². The molecule has 0 aliphatic rings.